The maximum atomic E-state index is 11.3. The second-order valence-corrected chi connectivity index (χ2v) is 4.05. The van der Waals surface area contributed by atoms with E-state index in [-0.39, 0.29) is 0 Å². The van der Waals surface area contributed by atoms with Gasteiger partial charge in [-0.1, -0.05) is 0 Å². The molecule has 1 atom stereocenters. The first-order chi connectivity index (χ1) is 5.07. The highest BCUT2D eigenvalue weighted by Crippen LogP contribution is 2.13. The van der Waals surface area contributed by atoms with Crippen molar-refractivity contribution in [1.29, 1.82) is 0 Å². The zero-order valence-corrected chi connectivity index (χ0v) is 7.96. The van der Waals surface area contributed by atoms with E-state index >= 15 is 0 Å². The molecule has 0 rings (SSSR count). The summed E-state index contributed by atoms with van der Waals surface area (Å²) in [4.78, 5) is 11.3. The molecule has 0 aromatic rings. The van der Waals surface area contributed by atoms with Gasteiger partial charge >= 0.3 is 0 Å². The summed E-state index contributed by atoms with van der Waals surface area (Å²) in [6, 6.07) is -1.06. The van der Waals surface area contributed by atoms with E-state index in [1.165, 1.54) is 27.7 Å². The smallest absolute Gasteiger partial charge is 0.183 e. The van der Waals surface area contributed by atoms with Crippen LogP contribution in [0.2, 0.25) is 0 Å². The first kappa shape index (κ1) is 11.6. The second kappa shape index (κ2) is 3.12. The Bertz CT molecular complexity index is 176. The van der Waals surface area contributed by atoms with Gasteiger partial charge in [-0.25, -0.2) is 0 Å². The Labute approximate surface area is 72.4 Å². The van der Waals surface area contributed by atoms with Crippen molar-refractivity contribution in [3.8, 4) is 0 Å². The number of Topliss-reactive ketones (excluding diaryl/α,β-unsaturated/α-hetero) is 1. The summed E-state index contributed by atoms with van der Waals surface area (Å²) in [5.74, 6) is -0.560. The van der Waals surface area contributed by atoms with Crippen LogP contribution in [0.1, 0.15) is 27.7 Å². The number of carbonyl (C=O) groups is 1. The Balaban J connectivity index is 4.53. The van der Waals surface area contributed by atoms with Gasteiger partial charge in [-0.3, -0.25) is 4.79 Å². The van der Waals surface area contributed by atoms with E-state index in [1.807, 2.05) is 0 Å². The molecule has 4 heteroatoms. The van der Waals surface area contributed by atoms with Crippen LogP contribution in [0.25, 0.3) is 0 Å². The molecule has 0 radical (unpaired) electrons. The molecular formula is C8H17NO3. The molecule has 72 valence electrons. The van der Waals surface area contributed by atoms with Crippen LogP contribution in [0.15, 0.2) is 0 Å². The van der Waals surface area contributed by atoms with Gasteiger partial charge in [0.1, 0.15) is 5.60 Å². The summed E-state index contributed by atoms with van der Waals surface area (Å²) in [5, 5.41) is 18.6. The van der Waals surface area contributed by atoms with E-state index in [4.69, 9.17) is 5.73 Å². The molecule has 0 aromatic heterocycles. The summed E-state index contributed by atoms with van der Waals surface area (Å²) < 4.78 is 0. The van der Waals surface area contributed by atoms with E-state index in [0.717, 1.165) is 0 Å². The number of carbonyl (C=O) groups excluding carboxylic acids is 1. The molecule has 12 heavy (non-hydrogen) atoms. The summed E-state index contributed by atoms with van der Waals surface area (Å²) in [6.07, 6.45) is 0. The quantitative estimate of drug-likeness (QED) is 0.536. The van der Waals surface area contributed by atoms with E-state index < -0.39 is 23.0 Å². The average Bonchev–Trinajstić information content (AvgIpc) is 1.80. The molecule has 0 aliphatic rings. The largest absolute Gasteiger partial charge is 0.388 e. The van der Waals surface area contributed by atoms with E-state index in [2.05, 4.69) is 0 Å². The maximum absolute atomic E-state index is 11.3. The molecule has 0 fully saturated rings. The Morgan fingerprint density at radius 3 is 1.67 bits per heavy atom. The monoisotopic (exact) mass is 175 g/mol. The van der Waals surface area contributed by atoms with Gasteiger partial charge in [-0.15, -0.1) is 0 Å². The van der Waals surface area contributed by atoms with Crippen LogP contribution in [0, 0.1) is 0 Å². The van der Waals surface area contributed by atoms with Crippen LogP contribution in [0.4, 0.5) is 0 Å². The summed E-state index contributed by atoms with van der Waals surface area (Å²) in [5.41, 5.74) is 2.64. The molecule has 0 bridgehead atoms. The predicted molar refractivity (Wildman–Crippen MR) is 45.6 cm³/mol. The number of hydrogen-bond acceptors (Lipinski definition) is 4. The van der Waals surface area contributed by atoms with Crippen molar-refractivity contribution in [2.45, 2.75) is 44.9 Å². The molecule has 0 aliphatic carbocycles. The van der Waals surface area contributed by atoms with Gasteiger partial charge in [-0.2, -0.15) is 0 Å². The van der Waals surface area contributed by atoms with Crippen LogP contribution < -0.4 is 5.73 Å². The Morgan fingerprint density at radius 1 is 1.25 bits per heavy atom. The van der Waals surface area contributed by atoms with Gasteiger partial charge in [0.05, 0.1) is 11.6 Å². The third kappa shape index (κ3) is 2.89. The first-order valence-corrected chi connectivity index (χ1v) is 3.81. The van der Waals surface area contributed by atoms with E-state index in [1.54, 1.807) is 0 Å². The third-order valence-corrected chi connectivity index (χ3v) is 1.65. The molecular weight excluding hydrogens is 158 g/mol. The number of rotatable bonds is 3. The van der Waals surface area contributed by atoms with Gasteiger partial charge in [0.2, 0.25) is 0 Å². The third-order valence-electron chi connectivity index (χ3n) is 1.65. The maximum Gasteiger partial charge on any atom is 0.183 e. The van der Waals surface area contributed by atoms with Gasteiger partial charge in [0.25, 0.3) is 0 Å². The lowest BCUT2D eigenvalue weighted by Crippen LogP contribution is -2.55. The molecule has 0 aliphatic heterocycles. The highest BCUT2D eigenvalue weighted by molar-refractivity contribution is 5.91. The van der Waals surface area contributed by atoms with Crippen molar-refractivity contribution < 1.29 is 15.0 Å². The van der Waals surface area contributed by atoms with Gasteiger partial charge in [0, 0.05) is 0 Å². The van der Waals surface area contributed by atoms with Crippen LogP contribution in [-0.4, -0.2) is 33.2 Å². The van der Waals surface area contributed by atoms with Crippen LogP contribution in [0.3, 0.4) is 0 Å². The van der Waals surface area contributed by atoms with Crippen molar-refractivity contribution in [3.05, 3.63) is 0 Å². The zero-order valence-electron chi connectivity index (χ0n) is 7.96. The van der Waals surface area contributed by atoms with Crippen LogP contribution in [0.5, 0.6) is 0 Å². The lowest BCUT2D eigenvalue weighted by molar-refractivity contribution is -0.140. The van der Waals surface area contributed by atoms with Gasteiger partial charge < -0.3 is 15.9 Å². The number of hydrogen-bond donors (Lipinski definition) is 3. The number of aliphatic hydroxyl groups is 2. The molecule has 1 unspecified atom stereocenters. The molecule has 0 heterocycles. The van der Waals surface area contributed by atoms with Crippen LogP contribution >= 0.6 is 0 Å². The van der Waals surface area contributed by atoms with E-state index in [0.29, 0.717) is 0 Å². The minimum Gasteiger partial charge on any atom is -0.388 e. The minimum atomic E-state index is -1.49. The van der Waals surface area contributed by atoms with Crippen molar-refractivity contribution in [2.24, 2.45) is 5.73 Å². The predicted octanol–water partition coefficient (Wildman–Crippen LogP) is -0.575. The Hall–Kier alpha value is -0.450. The zero-order chi connectivity index (χ0) is 10.2. The Morgan fingerprint density at radius 2 is 1.58 bits per heavy atom. The number of ketones is 1. The fourth-order valence-corrected chi connectivity index (χ4v) is 0.701. The average molecular weight is 175 g/mol. The fourth-order valence-electron chi connectivity index (χ4n) is 0.701. The van der Waals surface area contributed by atoms with Crippen LogP contribution in [-0.2, 0) is 4.79 Å². The van der Waals surface area contributed by atoms with Crippen molar-refractivity contribution in [2.75, 3.05) is 0 Å². The highest BCUT2D eigenvalue weighted by Gasteiger charge is 2.37. The molecule has 4 nitrogen and oxygen atoms in total. The van der Waals surface area contributed by atoms with Crippen molar-refractivity contribution in [3.63, 3.8) is 0 Å². The normalized spacial score (nSPS) is 15.9. The lowest BCUT2D eigenvalue weighted by atomic mass is 9.88. The van der Waals surface area contributed by atoms with Crippen molar-refractivity contribution in [1.82, 2.24) is 0 Å². The fraction of sp³-hybridized carbons (Fsp3) is 0.875. The van der Waals surface area contributed by atoms with Crippen molar-refractivity contribution >= 4 is 5.78 Å². The van der Waals surface area contributed by atoms with Gasteiger partial charge in [-0.05, 0) is 27.7 Å². The highest BCUT2D eigenvalue weighted by atomic mass is 16.3. The molecule has 0 aromatic carbocycles. The molecule has 4 N–H and O–H groups in total. The molecule has 0 spiro atoms. The molecule has 0 saturated carbocycles. The molecule has 0 amide bonds. The standard InChI is InChI=1S/C8H17NO3/c1-7(2,11)5(9)6(10)8(3,4)12/h5,11-12H,9H2,1-4H3. The first-order valence-electron chi connectivity index (χ1n) is 3.81. The summed E-state index contributed by atoms with van der Waals surface area (Å²) in [6.45, 7) is 5.56. The lowest BCUT2D eigenvalue weighted by Gasteiger charge is -2.29. The molecule has 0 saturated heterocycles. The van der Waals surface area contributed by atoms with E-state index in [9.17, 15) is 15.0 Å². The second-order valence-electron chi connectivity index (χ2n) is 4.05. The summed E-state index contributed by atoms with van der Waals surface area (Å²) in [7, 11) is 0. The SMILES string of the molecule is CC(C)(O)C(=O)C(N)C(C)(C)O. The Kier molecular flexibility index (Phi) is 3.01. The topological polar surface area (TPSA) is 83.5 Å². The summed E-state index contributed by atoms with van der Waals surface area (Å²) >= 11 is 0. The minimum absolute atomic E-state index is 0.560. The van der Waals surface area contributed by atoms with Gasteiger partial charge in [0.15, 0.2) is 5.78 Å². The number of nitrogens with two attached hydrogens (primary N) is 1.